The van der Waals surface area contributed by atoms with Crippen molar-refractivity contribution in [1.82, 2.24) is 9.88 Å². The van der Waals surface area contributed by atoms with E-state index in [1.165, 1.54) is 14.0 Å². The summed E-state index contributed by atoms with van der Waals surface area (Å²) in [7, 11) is -2.27. The molecule has 0 radical (unpaired) electrons. The molecule has 1 heterocycles. The molecule has 1 aliphatic rings. The summed E-state index contributed by atoms with van der Waals surface area (Å²) in [5.41, 5.74) is 1.68. The number of hydrogen-bond acceptors (Lipinski definition) is 6. The Balaban J connectivity index is 1.89. The summed E-state index contributed by atoms with van der Waals surface area (Å²) < 4.78 is 39.0. The Morgan fingerprint density at radius 2 is 2.00 bits per heavy atom. The molecule has 0 spiro atoms. The number of methoxy groups -OCH3 is 1. The van der Waals surface area contributed by atoms with Crippen LogP contribution in [0.3, 0.4) is 0 Å². The molecule has 1 fully saturated rings. The first-order chi connectivity index (χ1) is 13.8. The summed E-state index contributed by atoms with van der Waals surface area (Å²) in [6, 6.07) is 4.86. The minimum Gasteiger partial charge on any atom is -0.495 e. The number of aryl methyl sites for hydroxylation is 1. The molecular formula is C20H25N3O5S. The van der Waals surface area contributed by atoms with Gasteiger partial charge in [0.2, 0.25) is 15.9 Å². The first kappa shape index (κ1) is 21.1. The minimum atomic E-state index is -3.71. The van der Waals surface area contributed by atoms with Gasteiger partial charge in [-0.25, -0.2) is 13.1 Å². The van der Waals surface area contributed by atoms with Crippen LogP contribution in [0.4, 0.5) is 5.69 Å². The van der Waals surface area contributed by atoms with Gasteiger partial charge >= 0.3 is 0 Å². The lowest BCUT2D eigenvalue weighted by Gasteiger charge is -2.15. The number of anilines is 1. The number of rotatable bonds is 7. The molecule has 0 saturated heterocycles. The average molecular weight is 420 g/mol. The van der Waals surface area contributed by atoms with Crippen molar-refractivity contribution in [2.45, 2.75) is 50.5 Å². The van der Waals surface area contributed by atoms with Gasteiger partial charge in [0.15, 0.2) is 5.76 Å². The maximum atomic E-state index is 12.9. The van der Waals surface area contributed by atoms with E-state index in [0.29, 0.717) is 22.7 Å². The normalized spacial score (nSPS) is 15.1. The van der Waals surface area contributed by atoms with Gasteiger partial charge in [-0.3, -0.25) is 4.79 Å². The molecule has 8 nitrogen and oxygen atoms in total. The second kappa shape index (κ2) is 8.79. The molecule has 1 aromatic heterocycles. The van der Waals surface area contributed by atoms with E-state index in [1.807, 2.05) is 0 Å². The Bertz CT molecular complexity index is 1020. The number of carbonyl (C=O) groups is 1. The van der Waals surface area contributed by atoms with Crippen LogP contribution < -0.4 is 14.8 Å². The van der Waals surface area contributed by atoms with Crippen molar-refractivity contribution in [2.75, 3.05) is 12.4 Å². The number of aromatic nitrogens is 1. The molecule has 0 unspecified atom stereocenters. The van der Waals surface area contributed by atoms with Gasteiger partial charge in [-0.15, -0.1) is 0 Å². The van der Waals surface area contributed by atoms with E-state index >= 15 is 0 Å². The van der Waals surface area contributed by atoms with Gasteiger partial charge in [-0.1, -0.05) is 30.1 Å². The Morgan fingerprint density at radius 3 is 2.66 bits per heavy atom. The molecular weight excluding hydrogens is 394 g/mol. The Labute approximate surface area is 170 Å². The smallest absolute Gasteiger partial charge is 0.244 e. The highest BCUT2D eigenvalue weighted by molar-refractivity contribution is 7.89. The van der Waals surface area contributed by atoms with E-state index in [-0.39, 0.29) is 22.6 Å². The highest BCUT2D eigenvalue weighted by atomic mass is 32.2. The Kier molecular flexibility index (Phi) is 6.39. The van der Waals surface area contributed by atoms with Crippen molar-refractivity contribution in [3.8, 4) is 5.75 Å². The number of ether oxygens (including phenoxy) is 1. The summed E-state index contributed by atoms with van der Waals surface area (Å²) in [5, 5.41) is 6.54. The van der Waals surface area contributed by atoms with Crippen molar-refractivity contribution < 1.29 is 22.5 Å². The van der Waals surface area contributed by atoms with Crippen LogP contribution >= 0.6 is 0 Å². The van der Waals surface area contributed by atoms with Crippen molar-refractivity contribution >= 4 is 33.8 Å². The number of sulfonamides is 1. The summed E-state index contributed by atoms with van der Waals surface area (Å²) in [6.07, 6.45) is 7.07. The third-order valence-electron chi connectivity index (χ3n) is 4.77. The minimum absolute atomic E-state index is 0.0405. The molecule has 2 N–H and O–H groups in total. The summed E-state index contributed by atoms with van der Waals surface area (Å²) in [6.45, 7) is 3.12. The van der Waals surface area contributed by atoms with Crippen LogP contribution in [0.1, 0.15) is 49.6 Å². The zero-order chi connectivity index (χ0) is 21.0. The van der Waals surface area contributed by atoms with Crippen molar-refractivity contribution in [3.05, 3.63) is 35.2 Å². The standard InChI is InChI=1S/C20H25N3O5S/c1-13-20(21-14(2)24)18(28-22-13)11-9-15-8-10-17(27-3)19(12-15)29(25,26)23-16-6-4-5-7-16/h8-12,16,23H,4-7H2,1-3H3,(H,21,24). The topological polar surface area (TPSA) is 111 Å². The fourth-order valence-electron chi connectivity index (χ4n) is 3.33. The average Bonchev–Trinajstić information content (AvgIpc) is 3.30. The lowest BCUT2D eigenvalue weighted by atomic mass is 10.2. The first-order valence-electron chi connectivity index (χ1n) is 9.42. The molecule has 0 aliphatic heterocycles. The molecule has 156 valence electrons. The third kappa shape index (κ3) is 5.04. The summed E-state index contributed by atoms with van der Waals surface area (Å²) >= 11 is 0. The predicted octanol–water partition coefficient (Wildman–Crippen LogP) is 3.34. The van der Waals surface area contributed by atoms with E-state index in [2.05, 4.69) is 15.2 Å². The van der Waals surface area contributed by atoms with Crippen LogP contribution in [-0.4, -0.2) is 32.6 Å². The second-order valence-electron chi connectivity index (χ2n) is 7.03. The van der Waals surface area contributed by atoms with Gasteiger partial charge in [-0.2, -0.15) is 0 Å². The molecule has 9 heteroatoms. The molecule has 1 aromatic carbocycles. The fraction of sp³-hybridized carbons (Fsp3) is 0.400. The lowest BCUT2D eigenvalue weighted by molar-refractivity contribution is -0.114. The molecule has 2 aromatic rings. The first-order valence-corrected chi connectivity index (χ1v) is 10.9. The lowest BCUT2D eigenvalue weighted by Crippen LogP contribution is -2.32. The van der Waals surface area contributed by atoms with E-state index in [9.17, 15) is 13.2 Å². The number of hydrogen-bond donors (Lipinski definition) is 2. The summed E-state index contributed by atoms with van der Waals surface area (Å²) in [4.78, 5) is 11.5. The SMILES string of the molecule is COc1ccc(C=Cc2onc(C)c2NC(C)=O)cc1S(=O)(=O)NC1CCCC1. The fourth-order valence-corrected chi connectivity index (χ4v) is 4.84. The van der Waals surface area contributed by atoms with Crippen LogP contribution in [0.25, 0.3) is 12.2 Å². The maximum Gasteiger partial charge on any atom is 0.244 e. The van der Waals surface area contributed by atoms with Gasteiger partial charge in [0, 0.05) is 13.0 Å². The number of benzene rings is 1. The predicted molar refractivity (Wildman–Crippen MR) is 110 cm³/mol. The number of carbonyl (C=O) groups excluding carboxylic acids is 1. The molecule has 1 saturated carbocycles. The summed E-state index contributed by atoms with van der Waals surface area (Å²) in [5.74, 6) is 0.422. The molecule has 0 bridgehead atoms. The highest BCUT2D eigenvalue weighted by Crippen LogP contribution is 2.28. The molecule has 29 heavy (non-hydrogen) atoms. The van der Waals surface area contributed by atoms with Gasteiger partial charge in [-0.05, 0) is 43.5 Å². The number of amides is 1. The van der Waals surface area contributed by atoms with Gasteiger partial charge in [0.25, 0.3) is 0 Å². The zero-order valence-electron chi connectivity index (χ0n) is 16.7. The number of nitrogens with zero attached hydrogens (tertiary/aromatic N) is 1. The van der Waals surface area contributed by atoms with Crippen LogP contribution in [0.2, 0.25) is 0 Å². The van der Waals surface area contributed by atoms with Crippen LogP contribution in [0.5, 0.6) is 5.75 Å². The van der Waals surface area contributed by atoms with E-state index < -0.39 is 10.0 Å². The molecule has 0 atom stereocenters. The van der Waals surface area contributed by atoms with Crippen LogP contribution in [0, 0.1) is 6.92 Å². The van der Waals surface area contributed by atoms with E-state index in [1.54, 1.807) is 37.3 Å². The quantitative estimate of drug-likeness (QED) is 0.712. The third-order valence-corrected chi connectivity index (χ3v) is 6.31. The van der Waals surface area contributed by atoms with E-state index in [4.69, 9.17) is 9.26 Å². The van der Waals surface area contributed by atoms with Crippen LogP contribution in [0.15, 0.2) is 27.6 Å². The maximum absolute atomic E-state index is 12.9. The van der Waals surface area contributed by atoms with Gasteiger partial charge < -0.3 is 14.6 Å². The van der Waals surface area contributed by atoms with E-state index in [0.717, 1.165) is 25.7 Å². The van der Waals surface area contributed by atoms with Crippen molar-refractivity contribution in [2.24, 2.45) is 0 Å². The monoisotopic (exact) mass is 419 g/mol. The van der Waals surface area contributed by atoms with Crippen LogP contribution in [-0.2, 0) is 14.8 Å². The van der Waals surface area contributed by atoms with Crippen molar-refractivity contribution in [1.29, 1.82) is 0 Å². The number of nitrogens with one attached hydrogen (secondary N) is 2. The second-order valence-corrected chi connectivity index (χ2v) is 8.72. The van der Waals surface area contributed by atoms with Gasteiger partial charge in [0.1, 0.15) is 22.0 Å². The van der Waals surface area contributed by atoms with Gasteiger partial charge in [0.05, 0.1) is 7.11 Å². The Hall–Kier alpha value is -2.65. The van der Waals surface area contributed by atoms with Crippen molar-refractivity contribution in [3.63, 3.8) is 0 Å². The highest BCUT2D eigenvalue weighted by Gasteiger charge is 2.25. The molecule has 1 aliphatic carbocycles. The molecule has 1 amide bonds. The molecule has 3 rings (SSSR count). The largest absolute Gasteiger partial charge is 0.495 e. The zero-order valence-corrected chi connectivity index (χ0v) is 17.5. The Morgan fingerprint density at radius 1 is 1.28 bits per heavy atom.